The third-order valence-corrected chi connectivity index (χ3v) is 3.54. The molecule has 0 spiro atoms. The number of benzene rings is 1. The topological polar surface area (TPSA) is 61.8 Å². The number of β-amino-alcohol motifs (C(OH)–C–C–N with tert-alkyl or cyclic N) is 1. The molecule has 1 saturated heterocycles. The number of hydrogen-bond acceptors (Lipinski definition) is 4. The fourth-order valence-electron chi connectivity index (χ4n) is 2.78. The molecule has 1 heterocycles. The first kappa shape index (κ1) is 15.9. The van der Waals surface area contributed by atoms with Crippen LogP contribution in [0.5, 0.6) is 0 Å². The molecule has 1 fully saturated rings. The molecule has 1 aromatic rings. The van der Waals surface area contributed by atoms with Gasteiger partial charge in [0, 0.05) is 32.2 Å². The van der Waals surface area contributed by atoms with E-state index in [2.05, 4.69) is 24.1 Å². The van der Waals surface area contributed by atoms with Gasteiger partial charge in [-0.1, -0.05) is 12.1 Å². The molecule has 1 aliphatic rings. The number of carbonyl (C=O) groups excluding carboxylic acids is 1. The van der Waals surface area contributed by atoms with Crippen molar-refractivity contribution in [2.75, 3.05) is 25.0 Å². The monoisotopic (exact) mass is 292 g/mol. The van der Waals surface area contributed by atoms with Crippen molar-refractivity contribution < 1.29 is 14.6 Å². The molecule has 0 saturated carbocycles. The van der Waals surface area contributed by atoms with Crippen molar-refractivity contribution in [2.24, 2.45) is 0 Å². The van der Waals surface area contributed by atoms with Crippen molar-refractivity contribution >= 4 is 11.6 Å². The van der Waals surface area contributed by atoms with E-state index in [0.29, 0.717) is 6.54 Å². The minimum absolute atomic E-state index is 0.0976. The molecule has 1 aliphatic heterocycles. The highest BCUT2D eigenvalue weighted by atomic mass is 16.5. The maximum absolute atomic E-state index is 11.0. The molecule has 5 nitrogen and oxygen atoms in total. The van der Waals surface area contributed by atoms with Crippen LogP contribution in [0, 0.1) is 0 Å². The summed E-state index contributed by atoms with van der Waals surface area (Å²) in [6.45, 7) is 7.85. The Labute approximate surface area is 125 Å². The van der Waals surface area contributed by atoms with Crippen molar-refractivity contribution in [1.82, 2.24) is 4.90 Å². The Morgan fingerprint density at radius 1 is 1.33 bits per heavy atom. The summed E-state index contributed by atoms with van der Waals surface area (Å²) in [5, 5.41) is 13.1. The van der Waals surface area contributed by atoms with E-state index in [1.54, 1.807) is 0 Å². The number of nitrogens with one attached hydrogen (secondary N) is 1. The average molecular weight is 292 g/mol. The lowest BCUT2D eigenvalue weighted by molar-refractivity contribution is -0.114. The number of nitrogens with zero attached hydrogens (tertiary/aromatic N) is 1. The van der Waals surface area contributed by atoms with Crippen molar-refractivity contribution in [1.29, 1.82) is 0 Å². The van der Waals surface area contributed by atoms with E-state index in [4.69, 9.17) is 4.74 Å². The largest absolute Gasteiger partial charge is 0.387 e. The molecule has 5 heteroatoms. The van der Waals surface area contributed by atoms with Gasteiger partial charge in [-0.05, 0) is 31.5 Å². The van der Waals surface area contributed by atoms with Gasteiger partial charge in [0.2, 0.25) is 5.91 Å². The van der Waals surface area contributed by atoms with Gasteiger partial charge in [0.1, 0.15) is 0 Å². The Kier molecular flexibility index (Phi) is 5.33. The summed E-state index contributed by atoms with van der Waals surface area (Å²) in [4.78, 5) is 13.2. The van der Waals surface area contributed by atoms with Gasteiger partial charge in [0.15, 0.2) is 0 Å². The number of rotatable bonds is 4. The Bertz CT molecular complexity index is 465. The minimum atomic E-state index is -0.533. The SMILES string of the molecule is CC(=O)Nc1ccc(C(O)CN2CC(C)OC(C)C2)cc1. The highest BCUT2D eigenvalue weighted by Gasteiger charge is 2.24. The van der Waals surface area contributed by atoms with Crippen LogP contribution in [0.3, 0.4) is 0 Å². The summed E-state index contributed by atoms with van der Waals surface area (Å²) in [5.74, 6) is -0.0976. The van der Waals surface area contributed by atoms with Gasteiger partial charge in [0.05, 0.1) is 18.3 Å². The summed E-state index contributed by atoms with van der Waals surface area (Å²) >= 11 is 0. The number of anilines is 1. The van der Waals surface area contributed by atoms with Crippen LogP contribution >= 0.6 is 0 Å². The summed E-state index contributed by atoms with van der Waals surface area (Å²) in [6, 6.07) is 7.32. The molecule has 0 aliphatic carbocycles. The van der Waals surface area contributed by atoms with E-state index < -0.39 is 6.10 Å². The van der Waals surface area contributed by atoms with Crippen LogP contribution < -0.4 is 5.32 Å². The predicted octanol–water partition coefficient (Wildman–Crippen LogP) is 1.79. The molecule has 0 bridgehead atoms. The third-order valence-electron chi connectivity index (χ3n) is 3.54. The lowest BCUT2D eigenvalue weighted by atomic mass is 10.1. The average Bonchev–Trinajstić information content (AvgIpc) is 2.37. The Morgan fingerprint density at radius 3 is 2.43 bits per heavy atom. The smallest absolute Gasteiger partial charge is 0.221 e. The van der Waals surface area contributed by atoms with Crippen LogP contribution in [0.2, 0.25) is 0 Å². The second-order valence-electron chi connectivity index (χ2n) is 5.79. The van der Waals surface area contributed by atoms with E-state index in [9.17, 15) is 9.90 Å². The Hall–Kier alpha value is -1.43. The third kappa shape index (κ3) is 4.81. The van der Waals surface area contributed by atoms with E-state index in [1.165, 1.54) is 6.92 Å². The van der Waals surface area contributed by atoms with Crippen molar-refractivity contribution in [2.45, 2.75) is 39.1 Å². The zero-order valence-corrected chi connectivity index (χ0v) is 12.9. The van der Waals surface area contributed by atoms with Crippen LogP contribution in [0.25, 0.3) is 0 Å². The van der Waals surface area contributed by atoms with Gasteiger partial charge in [-0.15, -0.1) is 0 Å². The maximum atomic E-state index is 11.0. The van der Waals surface area contributed by atoms with E-state index in [0.717, 1.165) is 24.3 Å². The second kappa shape index (κ2) is 7.02. The molecule has 116 valence electrons. The summed E-state index contributed by atoms with van der Waals surface area (Å²) in [7, 11) is 0. The molecule has 2 rings (SSSR count). The molecule has 1 aromatic carbocycles. The van der Waals surface area contributed by atoms with Crippen molar-refractivity contribution in [3.8, 4) is 0 Å². The lowest BCUT2D eigenvalue weighted by Crippen LogP contribution is -2.46. The molecular formula is C16H24N2O3. The quantitative estimate of drug-likeness (QED) is 0.888. The molecule has 3 atom stereocenters. The van der Waals surface area contributed by atoms with Gasteiger partial charge in [-0.3, -0.25) is 9.69 Å². The standard InChI is InChI=1S/C16H24N2O3/c1-11-8-18(9-12(2)21-11)10-16(20)14-4-6-15(7-5-14)17-13(3)19/h4-7,11-12,16,20H,8-10H2,1-3H3,(H,17,19). The normalized spacial score (nSPS) is 24.6. The summed E-state index contributed by atoms with van der Waals surface area (Å²) in [6.07, 6.45) is -0.139. The summed E-state index contributed by atoms with van der Waals surface area (Å²) < 4.78 is 5.69. The maximum Gasteiger partial charge on any atom is 0.221 e. The van der Waals surface area contributed by atoms with Crippen molar-refractivity contribution in [3.63, 3.8) is 0 Å². The highest BCUT2D eigenvalue weighted by Crippen LogP contribution is 2.19. The Balaban J connectivity index is 1.93. The molecule has 3 unspecified atom stereocenters. The van der Waals surface area contributed by atoms with E-state index >= 15 is 0 Å². The number of amides is 1. The minimum Gasteiger partial charge on any atom is -0.387 e. The first-order valence-corrected chi connectivity index (χ1v) is 7.37. The van der Waals surface area contributed by atoms with Gasteiger partial charge in [-0.2, -0.15) is 0 Å². The van der Waals surface area contributed by atoms with Gasteiger partial charge in [0.25, 0.3) is 0 Å². The van der Waals surface area contributed by atoms with Gasteiger partial charge < -0.3 is 15.2 Å². The van der Waals surface area contributed by atoms with Crippen LogP contribution in [-0.2, 0) is 9.53 Å². The fraction of sp³-hybridized carbons (Fsp3) is 0.562. The van der Waals surface area contributed by atoms with Crippen molar-refractivity contribution in [3.05, 3.63) is 29.8 Å². The molecule has 0 radical (unpaired) electrons. The lowest BCUT2D eigenvalue weighted by Gasteiger charge is -2.36. The number of aliphatic hydroxyl groups excluding tert-OH is 1. The fourth-order valence-corrected chi connectivity index (χ4v) is 2.78. The van der Waals surface area contributed by atoms with Crippen LogP contribution in [0.4, 0.5) is 5.69 Å². The van der Waals surface area contributed by atoms with Gasteiger partial charge >= 0.3 is 0 Å². The molecule has 0 aromatic heterocycles. The molecule has 1 amide bonds. The van der Waals surface area contributed by atoms with Crippen LogP contribution in [-0.4, -0.2) is 47.8 Å². The first-order chi connectivity index (χ1) is 9.94. The number of ether oxygens (including phenoxy) is 1. The zero-order valence-electron chi connectivity index (χ0n) is 12.9. The molecule has 2 N–H and O–H groups in total. The number of carbonyl (C=O) groups is 1. The van der Waals surface area contributed by atoms with E-state index in [-0.39, 0.29) is 18.1 Å². The van der Waals surface area contributed by atoms with Crippen LogP contribution in [0.1, 0.15) is 32.4 Å². The molecular weight excluding hydrogens is 268 g/mol. The summed E-state index contributed by atoms with van der Waals surface area (Å²) in [5.41, 5.74) is 1.60. The molecule has 21 heavy (non-hydrogen) atoms. The number of hydrogen-bond donors (Lipinski definition) is 2. The predicted molar refractivity (Wildman–Crippen MR) is 82.2 cm³/mol. The highest BCUT2D eigenvalue weighted by molar-refractivity contribution is 5.88. The van der Waals surface area contributed by atoms with Crippen LogP contribution in [0.15, 0.2) is 24.3 Å². The number of aliphatic hydroxyl groups is 1. The van der Waals surface area contributed by atoms with E-state index in [1.807, 2.05) is 24.3 Å². The zero-order chi connectivity index (χ0) is 15.4. The second-order valence-corrected chi connectivity index (χ2v) is 5.79. The van der Waals surface area contributed by atoms with Gasteiger partial charge in [-0.25, -0.2) is 0 Å². The number of morpholine rings is 1. The Morgan fingerprint density at radius 2 is 1.90 bits per heavy atom. The first-order valence-electron chi connectivity index (χ1n) is 7.37.